The first-order chi connectivity index (χ1) is 12.0. The van der Waals surface area contributed by atoms with Gasteiger partial charge < -0.3 is 0 Å². The van der Waals surface area contributed by atoms with Gasteiger partial charge in [-0.3, -0.25) is 14.4 Å². The lowest BCUT2D eigenvalue weighted by Gasteiger charge is -2.38. The van der Waals surface area contributed by atoms with Crippen molar-refractivity contribution in [2.45, 2.75) is 58.9 Å². The Kier molecular flexibility index (Phi) is 5.21. The van der Waals surface area contributed by atoms with Crippen LogP contribution < -0.4 is 0 Å². The quantitative estimate of drug-likeness (QED) is 0.587. The molecule has 0 saturated carbocycles. The summed E-state index contributed by atoms with van der Waals surface area (Å²) in [4.78, 5) is 38.1. The minimum absolute atomic E-state index is 0.175. The number of carbonyl (C=O) groups is 3. The highest BCUT2D eigenvalue weighted by molar-refractivity contribution is 6.05. The average Bonchev–Trinajstić information content (AvgIpc) is 2.92. The smallest absolute Gasteiger partial charge is 0.273 e. The van der Waals surface area contributed by atoms with Gasteiger partial charge in [-0.05, 0) is 30.4 Å². The number of carbonyl (C=O) groups excluding carboxylic acids is 3. The lowest BCUT2D eigenvalue weighted by Crippen LogP contribution is -2.55. The van der Waals surface area contributed by atoms with Crippen LogP contribution >= 0.6 is 0 Å². The molecule has 0 aliphatic carbocycles. The van der Waals surface area contributed by atoms with Crippen molar-refractivity contribution in [3.63, 3.8) is 0 Å². The van der Waals surface area contributed by atoms with Crippen LogP contribution in [0.5, 0.6) is 0 Å². The molecule has 1 saturated heterocycles. The molecule has 3 rings (SSSR count). The number of unbranched alkanes of at least 4 members (excludes halogenated alkanes) is 2. The molecule has 0 bridgehead atoms. The Morgan fingerprint density at radius 2 is 1.92 bits per heavy atom. The molecule has 0 N–H and O–H groups in total. The van der Waals surface area contributed by atoms with Gasteiger partial charge in [-0.1, -0.05) is 51.3 Å². The highest BCUT2D eigenvalue weighted by Gasteiger charge is 2.44. The molecule has 2 atom stereocenters. The van der Waals surface area contributed by atoms with Gasteiger partial charge in [-0.15, -0.1) is 0 Å². The van der Waals surface area contributed by atoms with Gasteiger partial charge in [0.05, 0.1) is 6.54 Å². The molecule has 2 aliphatic heterocycles. The number of nitrogens with zero attached hydrogens (tertiary/aromatic N) is 2. The lowest BCUT2D eigenvalue weighted by molar-refractivity contribution is -0.169. The molecule has 0 aromatic heterocycles. The number of piperidine rings is 1. The standard InChI is InChI=1S/C20H26N2O3/c1-3-4-5-8-14(2)16-11-12-18(23)22(20(16)25)21-13-15-9-6-7-10-17(15)19(21)24/h6-7,9-10,14,16H,3-5,8,11-13H2,1-2H3. The van der Waals surface area contributed by atoms with Crippen molar-refractivity contribution in [2.24, 2.45) is 11.8 Å². The van der Waals surface area contributed by atoms with Gasteiger partial charge in [-0.2, -0.15) is 5.01 Å². The Labute approximate surface area is 149 Å². The fraction of sp³-hybridized carbons (Fsp3) is 0.550. The van der Waals surface area contributed by atoms with Crippen LogP contribution in [0.1, 0.15) is 68.3 Å². The van der Waals surface area contributed by atoms with Crippen molar-refractivity contribution < 1.29 is 14.4 Å². The number of hydrazine groups is 1. The minimum atomic E-state index is -0.261. The second kappa shape index (κ2) is 7.38. The van der Waals surface area contributed by atoms with Crippen LogP contribution in [-0.2, 0) is 16.1 Å². The molecule has 1 aromatic carbocycles. The summed E-state index contributed by atoms with van der Waals surface area (Å²) in [6, 6.07) is 7.30. The first-order valence-electron chi connectivity index (χ1n) is 9.31. The summed E-state index contributed by atoms with van der Waals surface area (Å²) in [7, 11) is 0. The third kappa shape index (κ3) is 3.32. The van der Waals surface area contributed by atoms with Crippen molar-refractivity contribution >= 4 is 17.7 Å². The van der Waals surface area contributed by atoms with E-state index in [9.17, 15) is 14.4 Å². The molecule has 0 radical (unpaired) electrons. The van der Waals surface area contributed by atoms with E-state index in [1.165, 1.54) is 5.01 Å². The van der Waals surface area contributed by atoms with Crippen LogP contribution in [0, 0.1) is 11.8 Å². The summed E-state index contributed by atoms with van der Waals surface area (Å²) < 4.78 is 0. The Morgan fingerprint density at radius 1 is 1.16 bits per heavy atom. The maximum atomic E-state index is 13.0. The maximum absolute atomic E-state index is 13.0. The first kappa shape index (κ1) is 17.6. The van der Waals surface area contributed by atoms with Crippen molar-refractivity contribution in [3.05, 3.63) is 35.4 Å². The summed E-state index contributed by atoms with van der Waals surface area (Å²) >= 11 is 0. The molecule has 0 spiro atoms. The molecule has 5 nitrogen and oxygen atoms in total. The molecule has 2 aliphatic rings. The maximum Gasteiger partial charge on any atom is 0.273 e. The number of rotatable bonds is 6. The van der Waals surface area contributed by atoms with Gasteiger partial charge in [0.25, 0.3) is 11.8 Å². The van der Waals surface area contributed by atoms with Gasteiger partial charge in [-0.25, -0.2) is 5.01 Å². The van der Waals surface area contributed by atoms with E-state index in [1.807, 2.05) is 12.1 Å². The van der Waals surface area contributed by atoms with Crippen LogP contribution in [0.15, 0.2) is 24.3 Å². The predicted octanol–water partition coefficient (Wildman–Crippen LogP) is 3.54. The largest absolute Gasteiger partial charge is 0.273 e. The molecule has 1 aromatic rings. The number of amides is 3. The van der Waals surface area contributed by atoms with Crippen molar-refractivity contribution in [1.82, 2.24) is 10.0 Å². The average molecular weight is 342 g/mol. The molecule has 2 heterocycles. The molecular weight excluding hydrogens is 316 g/mol. The van der Waals surface area contributed by atoms with Gasteiger partial charge in [0.15, 0.2) is 0 Å². The second-order valence-electron chi connectivity index (χ2n) is 7.18. The van der Waals surface area contributed by atoms with E-state index >= 15 is 0 Å². The van der Waals surface area contributed by atoms with Crippen molar-refractivity contribution in [2.75, 3.05) is 0 Å². The van der Waals surface area contributed by atoms with E-state index in [4.69, 9.17) is 0 Å². The zero-order valence-corrected chi connectivity index (χ0v) is 15.0. The Bertz CT molecular complexity index is 685. The van der Waals surface area contributed by atoms with Crippen LogP contribution in [0.3, 0.4) is 0 Å². The summed E-state index contributed by atoms with van der Waals surface area (Å²) in [6.07, 6.45) is 5.32. The van der Waals surface area contributed by atoms with Gasteiger partial charge in [0.1, 0.15) is 0 Å². The molecule has 3 amide bonds. The van der Waals surface area contributed by atoms with Crippen LogP contribution in [-0.4, -0.2) is 27.7 Å². The molecule has 25 heavy (non-hydrogen) atoms. The minimum Gasteiger partial charge on any atom is -0.273 e. The number of benzene rings is 1. The Hall–Kier alpha value is -2.17. The third-order valence-electron chi connectivity index (χ3n) is 5.43. The molecule has 134 valence electrons. The van der Waals surface area contributed by atoms with E-state index in [1.54, 1.807) is 12.1 Å². The number of hydrogen-bond donors (Lipinski definition) is 0. The van der Waals surface area contributed by atoms with E-state index in [-0.39, 0.29) is 29.6 Å². The zero-order valence-electron chi connectivity index (χ0n) is 15.0. The van der Waals surface area contributed by atoms with Crippen LogP contribution in [0.4, 0.5) is 0 Å². The SMILES string of the molecule is CCCCCC(C)C1CCC(=O)N(N2Cc3ccccc3C2=O)C1=O. The van der Waals surface area contributed by atoms with Crippen molar-refractivity contribution in [1.29, 1.82) is 0 Å². The van der Waals surface area contributed by atoms with Crippen molar-refractivity contribution in [3.8, 4) is 0 Å². The van der Waals surface area contributed by atoms with Crippen LogP contribution in [0.2, 0.25) is 0 Å². The molecular formula is C20H26N2O3. The summed E-state index contributed by atoms with van der Waals surface area (Å²) in [5.41, 5.74) is 1.45. The fourth-order valence-electron chi connectivity index (χ4n) is 3.89. The topological polar surface area (TPSA) is 57.7 Å². The second-order valence-corrected chi connectivity index (χ2v) is 7.18. The van der Waals surface area contributed by atoms with Crippen LogP contribution in [0.25, 0.3) is 0 Å². The molecule has 5 heteroatoms. The molecule has 1 fully saturated rings. The van der Waals surface area contributed by atoms with E-state index < -0.39 is 0 Å². The lowest BCUT2D eigenvalue weighted by atomic mass is 9.83. The third-order valence-corrected chi connectivity index (χ3v) is 5.43. The fourth-order valence-corrected chi connectivity index (χ4v) is 3.89. The number of fused-ring (bicyclic) bond motifs is 1. The van der Waals surface area contributed by atoms with Gasteiger partial charge in [0.2, 0.25) is 5.91 Å². The highest BCUT2D eigenvalue weighted by Crippen LogP contribution is 2.33. The monoisotopic (exact) mass is 342 g/mol. The molecule has 2 unspecified atom stereocenters. The summed E-state index contributed by atoms with van der Waals surface area (Å²) in [5, 5.41) is 2.47. The van der Waals surface area contributed by atoms with E-state index in [0.29, 0.717) is 24.9 Å². The normalized spacial score (nSPS) is 21.7. The Balaban J connectivity index is 1.76. The van der Waals surface area contributed by atoms with Gasteiger partial charge >= 0.3 is 0 Å². The van der Waals surface area contributed by atoms with E-state index in [0.717, 1.165) is 36.3 Å². The highest BCUT2D eigenvalue weighted by atomic mass is 16.2. The first-order valence-corrected chi connectivity index (χ1v) is 9.31. The number of imide groups is 1. The zero-order chi connectivity index (χ0) is 18.0. The summed E-state index contributed by atoms with van der Waals surface area (Å²) in [5.74, 6) is -0.665. The Morgan fingerprint density at radius 3 is 2.64 bits per heavy atom. The predicted molar refractivity (Wildman–Crippen MR) is 94.2 cm³/mol. The summed E-state index contributed by atoms with van der Waals surface area (Å²) in [6.45, 7) is 4.55. The van der Waals surface area contributed by atoms with Gasteiger partial charge in [0, 0.05) is 17.9 Å². The number of hydrogen-bond acceptors (Lipinski definition) is 3. The van der Waals surface area contributed by atoms with E-state index in [2.05, 4.69) is 13.8 Å².